The van der Waals surface area contributed by atoms with E-state index in [1.54, 1.807) is 30.5 Å². The summed E-state index contributed by atoms with van der Waals surface area (Å²) in [6, 6.07) is 24.8. The number of ketones is 1. The molecule has 0 spiro atoms. The summed E-state index contributed by atoms with van der Waals surface area (Å²) < 4.78 is 17.6. The highest BCUT2D eigenvalue weighted by Crippen LogP contribution is 2.33. The summed E-state index contributed by atoms with van der Waals surface area (Å²) in [5, 5.41) is 2.96. The van der Waals surface area contributed by atoms with Gasteiger partial charge >= 0.3 is 0 Å². The number of Topliss-reactive ketones (excluding diaryl/α,β-unsaturated/α-hetero) is 1. The number of halogens is 2. The lowest BCUT2D eigenvalue weighted by atomic mass is 10.2. The smallest absolute Gasteiger partial charge is 0.234 e. The second kappa shape index (κ2) is 13.5. The van der Waals surface area contributed by atoms with Gasteiger partial charge in [0.25, 0.3) is 0 Å². The van der Waals surface area contributed by atoms with Gasteiger partial charge in [-0.2, -0.15) is 0 Å². The molecule has 0 aliphatic rings. The van der Waals surface area contributed by atoms with E-state index in [2.05, 4.69) is 36.2 Å². The molecule has 2 heterocycles. The number of hydrogen-bond acceptors (Lipinski definition) is 9. The fourth-order valence-corrected chi connectivity index (χ4v) is 8.11. The van der Waals surface area contributed by atoms with Crippen molar-refractivity contribution in [1.29, 1.82) is 0 Å². The monoisotopic (exact) mass is 706 g/mol. The minimum absolute atomic E-state index is 0.0474. The summed E-state index contributed by atoms with van der Waals surface area (Å²) >= 11 is 9.18. The zero-order chi connectivity index (χ0) is 29.8. The molecule has 6 nitrogen and oxygen atoms in total. The molecule has 6 rings (SSSR count). The number of amides is 1. The number of thioether (sulfide) groups is 2. The Morgan fingerprint density at radius 3 is 2.21 bits per heavy atom. The van der Waals surface area contributed by atoms with Crippen LogP contribution < -0.4 is 5.32 Å². The van der Waals surface area contributed by atoms with Crippen molar-refractivity contribution in [2.45, 2.75) is 8.68 Å². The van der Waals surface area contributed by atoms with Gasteiger partial charge in [0.2, 0.25) is 5.91 Å². The fraction of sp³-hybridized carbons (Fsp3) is 0.0645. The second-order valence-electron chi connectivity index (χ2n) is 9.16. The van der Waals surface area contributed by atoms with Crippen molar-refractivity contribution in [2.75, 3.05) is 16.8 Å². The number of carbonyl (C=O) groups is 2. The van der Waals surface area contributed by atoms with Crippen molar-refractivity contribution >= 4 is 112 Å². The Balaban J connectivity index is 1.03. The molecule has 1 amide bonds. The highest BCUT2D eigenvalue weighted by Gasteiger charge is 2.12. The maximum atomic E-state index is 13.1. The third kappa shape index (κ3) is 7.76. The van der Waals surface area contributed by atoms with Crippen LogP contribution in [-0.4, -0.2) is 39.4 Å². The largest absolute Gasteiger partial charge is 0.325 e. The number of rotatable bonds is 10. The van der Waals surface area contributed by atoms with Crippen LogP contribution in [-0.2, 0) is 4.79 Å². The van der Waals surface area contributed by atoms with Gasteiger partial charge in [-0.3, -0.25) is 14.6 Å². The van der Waals surface area contributed by atoms with Crippen LogP contribution >= 0.6 is 62.1 Å². The first kappa shape index (κ1) is 29.6. The summed E-state index contributed by atoms with van der Waals surface area (Å²) in [6.07, 6.45) is 1.69. The lowest BCUT2D eigenvalue weighted by molar-refractivity contribution is -0.113. The number of benzene rings is 4. The predicted molar refractivity (Wildman–Crippen MR) is 181 cm³/mol. The minimum atomic E-state index is -0.282. The maximum Gasteiger partial charge on any atom is 0.234 e. The molecule has 2 aromatic heterocycles. The van der Waals surface area contributed by atoms with Crippen molar-refractivity contribution in [2.24, 2.45) is 4.99 Å². The number of nitrogens with one attached hydrogen (secondary N) is 1. The Labute approximate surface area is 271 Å². The lowest BCUT2D eigenvalue weighted by Gasteiger charge is -2.03. The van der Waals surface area contributed by atoms with E-state index in [9.17, 15) is 14.0 Å². The van der Waals surface area contributed by atoms with E-state index in [1.165, 1.54) is 58.3 Å². The SMILES string of the molecule is O=C(CSc1nc2ccc(N=Cc3ccc(F)cc3)cc2s1)Nc1ccc2nc(SCC(=O)c3ccc(Br)cc3)sc2c1. The Bertz CT molecular complexity index is 1970. The van der Waals surface area contributed by atoms with Crippen LogP contribution in [0.2, 0.25) is 0 Å². The summed E-state index contributed by atoms with van der Waals surface area (Å²) in [7, 11) is 0. The molecule has 1 N–H and O–H groups in total. The van der Waals surface area contributed by atoms with Gasteiger partial charge < -0.3 is 5.32 Å². The van der Waals surface area contributed by atoms with Crippen LogP contribution in [0.3, 0.4) is 0 Å². The maximum absolute atomic E-state index is 13.1. The molecule has 0 bridgehead atoms. The van der Waals surface area contributed by atoms with Crippen molar-refractivity contribution in [3.63, 3.8) is 0 Å². The highest BCUT2D eigenvalue weighted by atomic mass is 79.9. The molecule has 0 atom stereocenters. The molecule has 0 radical (unpaired) electrons. The van der Waals surface area contributed by atoms with E-state index in [1.807, 2.05) is 48.5 Å². The van der Waals surface area contributed by atoms with Gasteiger partial charge in [0.1, 0.15) is 5.82 Å². The van der Waals surface area contributed by atoms with Gasteiger partial charge in [0.05, 0.1) is 37.6 Å². The van der Waals surface area contributed by atoms with Crippen molar-refractivity contribution in [3.05, 3.63) is 106 Å². The standard InChI is InChI=1S/C31H20BrFN4O2S4/c32-20-5-3-19(4-6-20)26(38)16-40-30-36-25-12-10-23(14-28(25)43-30)35-29(39)17-41-31-37-24-11-9-22(13-27(24)42-31)34-15-18-1-7-21(33)8-2-18/h1-15H,16-17H2,(H,35,39). The number of aromatic nitrogens is 2. The van der Waals surface area contributed by atoms with Crippen molar-refractivity contribution in [1.82, 2.24) is 9.97 Å². The molecular formula is C31H20BrFN4O2S4. The number of anilines is 1. The molecule has 0 unspecified atom stereocenters. The van der Waals surface area contributed by atoms with Gasteiger partial charge in [0.15, 0.2) is 14.5 Å². The molecule has 6 aromatic rings. The number of fused-ring (bicyclic) bond motifs is 2. The quantitative estimate of drug-likeness (QED) is 0.0869. The topological polar surface area (TPSA) is 84.3 Å². The molecule has 0 aliphatic heterocycles. The van der Waals surface area contributed by atoms with E-state index in [-0.39, 0.29) is 23.3 Å². The molecule has 0 saturated carbocycles. The molecule has 4 aromatic carbocycles. The van der Waals surface area contributed by atoms with Crippen molar-refractivity contribution in [3.8, 4) is 0 Å². The lowest BCUT2D eigenvalue weighted by Crippen LogP contribution is -2.13. The molecule has 0 fully saturated rings. The number of aliphatic imine (C=N–C) groups is 1. The zero-order valence-corrected chi connectivity index (χ0v) is 27.0. The number of nitrogens with zero attached hydrogens (tertiary/aromatic N) is 3. The fourth-order valence-electron chi connectivity index (χ4n) is 3.95. The Morgan fingerprint density at radius 1 is 0.837 bits per heavy atom. The van der Waals surface area contributed by atoms with Gasteiger partial charge in [-0.25, -0.2) is 14.4 Å². The summed E-state index contributed by atoms with van der Waals surface area (Å²) in [4.78, 5) is 39.0. The first-order chi connectivity index (χ1) is 20.9. The third-order valence-electron chi connectivity index (χ3n) is 6.06. The molecule has 43 heavy (non-hydrogen) atoms. The Morgan fingerprint density at radius 2 is 1.49 bits per heavy atom. The average Bonchev–Trinajstić information content (AvgIpc) is 3.61. The average molecular weight is 708 g/mol. The van der Waals surface area contributed by atoms with Gasteiger partial charge in [0, 0.05) is 21.9 Å². The van der Waals surface area contributed by atoms with Crippen LogP contribution in [0.5, 0.6) is 0 Å². The van der Waals surface area contributed by atoms with E-state index in [4.69, 9.17) is 0 Å². The summed E-state index contributed by atoms with van der Waals surface area (Å²) in [6.45, 7) is 0. The first-order valence-electron chi connectivity index (χ1n) is 12.8. The number of carbonyl (C=O) groups excluding carboxylic acids is 2. The molecule has 214 valence electrons. The third-order valence-corrected chi connectivity index (χ3v) is 10.9. The van der Waals surface area contributed by atoms with Crippen LogP contribution in [0.25, 0.3) is 20.4 Å². The molecular weight excluding hydrogens is 688 g/mol. The van der Waals surface area contributed by atoms with Gasteiger partial charge in [-0.15, -0.1) is 22.7 Å². The Hall–Kier alpha value is -3.42. The molecule has 0 aliphatic carbocycles. The first-order valence-corrected chi connectivity index (χ1v) is 17.2. The van der Waals surface area contributed by atoms with Crippen LogP contribution in [0, 0.1) is 5.82 Å². The normalized spacial score (nSPS) is 11.5. The predicted octanol–water partition coefficient (Wildman–Crippen LogP) is 9.26. The van der Waals surface area contributed by atoms with Crippen LogP contribution in [0.4, 0.5) is 15.8 Å². The minimum Gasteiger partial charge on any atom is -0.325 e. The summed E-state index contributed by atoms with van der Waals surface area (Å²) in [5.74, 6) is 0.155. The second-order valence-corrected chi connectivity index (χ2v) is 14.6. The van der Waals surface area contributed by atoms with Crippen LogP contribution in [0.1, 0.15) is 15.9 Å². The van der Waals surface area contributed by atoms with Gasteiger partial charge in [-0.05, 0) is 66.2 Å². The van der Waals surface area contributed by atoms with E-state index in [0.29, 0.717) is 17.0 Å². The van der Waals surface area contributed by atoms with E-state index < -0.39 is 0 Å². The molecule has 0 saturated heterocycles. The van der Waals surface area contributed by atoms with Crippen molar-refractivity contribution < 1.29 is 14.0 Å². The summed E-state index contributed by atoms with van der Waals surface area (Å²) in [5.41, 5.74) is 4.61. The number of hydrogen-bond donors (Lipinski definition) is 1. The number of thiazole rings is 2. The van der Waals surface area contributed by atoms with E-state index in [0.717, 1.165) is 44.8 Å². The van der Waals surface area contributed by atoms with Gasteiger partial charge in [-0.1, -0.05) is 63.7 Å². The zero-order valence-electron chi connectivity index (χ0n) is 22.1. The molecule has 12 heteroatoms. The van der Waals surface area contributed by atoms with E-state index >= 15 is 0 Å². The highest BCUT2D eigenvalue weighted by molar-refractivity contribution is 9.10. The van der Waals surface area contributed by atoms with Crippen LogP contribution in [0.15, 0.2) is 103 Å². The Kier molecular flexibility index (Phi) is 9.29.